The second-order valence-electron chi connectivity index (χ2n) is 5.45. The highest BCUT2D eigenvalue weighted by atomic mass is 16.3. The first-order chi connectivity index (χ1) is 10.6. The molecule has 0 aliphatic carbocycles. The third kappa shape index (κ3) is 2.59. The van der Waals surface area contributed by atoms with Gasteiger partial charge in [0, 0.05) is 32.5 Å². The molecule has 6 nitrogen and oxygen atoms in total. The first-order valence-corrected chi connectivity index (χ1v) is 7.18. The van der Waals surface area contributed by atoms with E-state index in [9.17, 15) is 9.90 Å². The number of carbonyl (C=O) groups is 1. The number of nitrogens with zero attached hydrogens (tertiary/aromatic N) is 4. The Hall–Kier alpha value is -2.63. The Bertz CT molecular complexity index is 748. The van der Waals surface area contributed by atoms with Gasteiger partial charge >= 0.3 is 0 Å². The van der Waals surface area contributed by atoms with Crippen molar-refractivity contribution in [1.82, 2.24) is 19.7 Å². The fourth-order valence-corrected chi connectivity index (χ4v) is 2.64. The van der Waals surface area contributed by atoms with Crippen LogP contribution in [0.15, 0.2) is 30.6 Å². The normalized spacial score (nSPS) is 14.8. The van der Waals surface area contributed by atoms with Crippen molar-refractivity contribution in [3.63, 3.8) is 0 Å². The van der Waals surface area contributed by atoms with Crippen molar-refractivity contribution in [2.24, 2.45) is 7.05 Å². The van der Waals surface area contributed by atoms with Gasteiger partial charge in [-0.3, -0.25) is 9.48 Å². The molecule has 0 unspecified atom stereocenters. The van der Waals surface area contributed by atoms with E-state index < -0.39 is 0 Å². The molecule has 0 spiro atoms. The van der Waals surface area contributed by atoms with Crippen molar-refractivity contribution >= 4 is 11.5 Å². The number of aromatic nitrogens is 3. The van der Waals surface area contributed by atoms with Crippen LogP contribution in [-0.2, 0) is 7.05 Å². The van der Waals surface area contributed by atoms with Gasteiger partial charge in [0.25, 0.3) is 5.91 Å². The third-order valence-corrected chi connectivity index (χ3v) is 3.85. The van der Waals surface area contributed by atoms with Crippen LogP contribution in [0.1, 0.15) is 28.2 Å². The molecular weight excluding hydrogens is 280 g/mol. The van der Waals surface area contributed by atoms with Crippen LogP contribution in [0.4, 0.5) is 0 Å². The maximum absolute atomic E-state index is 12.4. The SMILES string of the molecule is Cc1cnc(C(=O)N2CC=C(c3ccnn3C)CC2)c(O)c1. The Balaban J connectivity index is 1.77. The van der Waals surface area contributed by atoms with E-state index in [0.717, 1.165) is 17.7 Å². The summed E-state index contributed by atoms with van der Waals surface area (Å²) in [4.78, 5) is 18.2. The van der Waals surface area contributed by atoms with E-state index in [4.69, 9.17) is 0 Å². The molecule has 22 heavy (non-hydrogen) atoms. The summed E-state index contributed by atoms with van der Waals surface area (Å²) in [6.45, 7) is 2.93. The average molecular weight is 298 g/mol. The number of amides is 1. The zero-order valence-electron chi connectivity index (χ0n) is 12.7. The second-order valence-corrected chi connectivity index (χ2v) is 5.45. The van der Waals surface area contributed by atoms with Crippen LogP contribution in [0.25, 0.3) is 5.57 Å². The number of aromatic hydroxyl groups is 1. The molecule has 0 fully saturated rings. The molecule has 2 aromatic rings. The summed E-state index contributed by atoms with van der Waals surface area (Å²) in [5, 5.41) is 14.1. The summed E-state index contributed by atoms with van der Waals surface area (Å²) in [6.07, 6.45) is 6.15. The van der Waals surface area contributed by atoms with Crippen molar-refractivity contribution in [2.75, 3.05) is 13.1 Å². The fourth-order valence-electron chi connectivity index (χ4n) is 2.64. The molecule has 0 bridgehead atoms. The molecular formula is C16H18N4O2. The summed E-state index contributed by atoms with van der Waals surface area (Å²) >= 11 is 0. The van der Waals surface area contributed by atoms with E-state index in [-0.39, 0.29) is 17.4 Å². The smallest absolute Gasteiger partial charge is 0.276 e. The van der Waals surface area contributed by atoms with Gasteiger partial charge < -0.3 is 10.0 Å². The molecule has 6 heteroatoms. The van der Waals surface area contributed by atoms with Crippen LogP contribution in [0.2, 0.25) is 0 Å². The Labute approximate surface area is 128 Å². The van der Waals surface area contributed by atoms with Gasteiger partial charge in [0.2, 0.25) is 0 Å². The predicted molar refractivity (Wildman–Crippen MR) is 82.3 cm³/mol. The van der Waals surface area contributed by atoms with Gasteiger partial charge in [-0.15, -0.1) is 0 Å². The fraction of sp³-hybridized carbons (Fsp3) is 0.312. The summed E-state index contributed by atoms with van der Waals surface area (Å²) in [5.74, 6) is -0.302. The van der Waals surface area contributed by atoms with Crippen LogP contribution in [0.3, 0.4) is 0 Å². The Morgan fingerprint density at radius 3 is 2.82 bits per heavy atom. The molecule has 0 saturated carbocycles. The number of hydrogen-bond donors (Lipinski definition) is 1. The van der Waals surface area contributed by atoms with Gasteiger partial charge in [0.15, 0.2) is 5.69 Å². The quantitative estimate of drug-likeness (QED) is 0.917. The van der Waals surface area contributed by atoms with Crippen LogP contribution in [0, 0.1) is 6.92 Å². The molecule has 0 saturated heterocycles. The van der Waals surface area contributed by atoms with Crippen molar-refractivity contribution in [3.8, 4) is 5.75 Å². The topological polar surface area (TPSA) is 71.2 Å². The summed E-state index contributed by atoms with van der Waals surface area (Å²) in [7, 11) is 1.90. The van der Waals surface area contributed by atoms with Gasteiger partial charge in [0.1, 0.15) is 5.75 Å². The molecule has 1 aliphatic rings. The number of rotatable bonds is 2. The van der Waals surface area contributed by atoms with Gasteiger partial charge in [-0.05, 0) is 36.6 Å². The monoisotopic (exact) mass is 298 g/mol. The largest absolute Gasteiger partial charge is 0.505 e. The first kappa shape index (κ1) is 14.3. The standard InChI is InChI=1S/C16H18N4O2/c1-11-9-14(21)15(17-10-11)16(22)20-7-4-12(5-8-20)13-3-6-18-19(13)2/h3-4,6,9-10,21H,5,7-8H2,1-2H3. The predicted octanol–water partition coefficient (Wildman–Crippen LogP) is 1.76. The van der Waals surface area contributed by atoms with Gasteiger partial charge in [-0.1, -0.05) is 6.08 Å². The van der Waals surface area contributed by atoms with Crippen LogP contribution in [-0.4, -0.2) is 43.8 Å². The Kier molecular flexibility index (Phi) is 3.66. The highest BCUT2D eigenvalue weighted by Gasteiger charge is 2.23. The van der Waals surface area contributed by atoms with E-state index in [2.05, 4.69) is 10.1 Å². The maximum atomic E-state index is 12.4. The Morgan fingerprint density at radius 2 is 2.23 bits per heavy atom. The minimum atomic E-state index is -0.238. The highest BCUT2D eigenvalue weighted by Crippen LogP contribution is 2.24. The molecule has 0 atom stereocenters. The molecule has 2 aromatic heterocycles. The van der Waals surface area contributed by atoms with Gasteiger partial charge in [-0.2, -0.15) is 5.10 Å². The summed E-state index contributed by atoms with van der Waals surface area (Å²) in [6, 6.07) is 3.53. The number of aryl methyl sites for hydroxylation is 2. The number of carbonyl (C=O) groups excluding carboxylic acids is 1. The van der Waals surface area contributed by atoms with Gasteiger partial charge in [-0.25, -0.2) is 4.98 Å². The third-order valence-electron chi connectivity index (χ3n) is 3.85. The first-order valence-electron chi connectivity index (χ1n) is 7.18. The van der Waals surface area contributed by atoms with E-state index in [1.165, 1.54) is 5.57 Å². The maximum Gasteiger partial charge on any atom is 0.276 e. The molecule has 1 aliphatic heterocycles. The van der Waals surface area contributed by atoms with Crippen LogP contribution >= 0.6 is 0 Å². The molecule has 3 heterocycles. The minimum Gasteiger partial charge on any atom is -0.505 e. The molecule has 0 aromatic carbocycles. The van der Waals surface area contributed by atoms with E-state index in [1.807, 2.05) is 30.8 Å². The van der Waals surface area contributed by atoms with Crippen molar-refractivity contribution in [2.45, 2.75) is 13.3 Å². The molecule has 0 radical (unpaired) electrons. The van der Waals surface area contributed by atoms with E-state index >= 15 is 0 Å². The van der Waals surface area contributed by atoms with E-state index in [1.54, 1.807) is 23.4 Å². The zero-order chi connectivity index (χ0) is 15.7. The lowest BCUT2D eigenvalue weighted by Gasteiger charge is -2.26. The molecule has 1 amide bonds. The van der Waals surface area contributed by atoms with Crippen molar-refractivity contribution < 1.29 is 9.90 Å². The van der Waals surface area contributed by atoms with Gasteiger partial charge in [0.05, 0.1) is 5.69 Å². The zero-order valence-corrected chi connectivity index (χ0v) is 12.7. The lowest BCUT2D eigenvalue weighted by molar-refractivity contribution is 0.0763. The summed E-state index contributed by atoms with van der Waals surface area (Å²) < 4.78 is 1.83. The molecule has 1 N–H and O–H groups in total. The lowest BCUT2D eigenvalue weighted by Crippen LogP contribution is -2.35. The number of pyridine rings is 1. The van der Waals surface area contributed by atoms with E-state index in [0.29, 0.717) is 13.1 Å². The molecule has 3 rings (SSSR count). The van der Waals surface area contributed by atoms with Crippen molar-refractivity contribution in [3.05, 3.63) is 47.6 Å². The summed E-state index contributed by atoms with van der Waals surface area (Å²) in [5.41, 5.74) is 3.20. The highest BCUT2D eigenvalue weighted by molar-refractivity contribution is 5.95. The van der Waals surface area contributed by atoms with Crippen molar-refractivity contribution in [1.29, 1.82) is 0 Å². The van der Waals surface area contributed by atoms with Crippen LogP contribution < -0.4 is 0 Å². The number of hydrogen-bond acceptors (Lipinski definition) is 4. The lowest BCUT2D eigenvalue weighted by atomic mass is 10.0. The average Bonchev–Trinajstić information content (AvgIpc) is 2.93. The van der Waals surface area contributed by atoms with Crippen LogP contribution in [0.5, 0.6) is 5.75 Å². The second kappa shape index (κ2) is 5.63. The molecule has 114 valence electrons. The Morgan fingerprint density at radius 1 is 1.41 bits per heavy atom. The minimum absolute atomic E-state index is 0.0635.